The highest BCUT2D eigenvalue weighted by Crippen LogP contribution is 2.44. The Kier molecular flexibility index (Phi) is 11.4. The monoisotopic (exact) mass is 934 g/mol. The number of nitrogens with zero attached hydrogens (tertiary/aromatic N) is 6. The molecule has 11 heteroatoms. The molecule has 0 radical (unpaired) electrons. The number of aryl methyl sites for hydroxylation is 3. The van der Waals surface area contributed by atoms with Crippen LogP contribution in [-0.2, 0) is 29.1 Å². The lowest BCUT2D eigenvalue weighted by atomic mass is 9.76. The summed E-state index contributed by atoms with van der Waals surface area (Å²) in [5.74, 6) is 0.734. The molecule has 11 rings (SSSR count). The summed E-state index contributed by atoms with van der Waals surface area (Å²) in [6.45, 7) is 26.0. The fourth-order valence-electron chi connectivity index (χ4n) is 9.08. The van der Waals surface area contributed by atoms with E-state index in [0.717, 1.165) is 85.0 Å². The summed E-state index contributed by atoms with van der Waals surface area (Å²) >= 11 is 7.79. The normalized spacial score (nSPS) is 12.7. The predicted octanol–water partition coefficient (Wildman–Crippen LogP) is 14.4. The quantitative estimate of drug-likeness (QED) is 0.149. The van der Waals surface area contributed by atoms with Crippen LogP contribution < -0.4 is 5.43 Å². The number of aromatic nitrogens is 6. The van der Waals surface area contributed by atoms with E-state index in [-0.39, 0.29) is 21.7 Å². The van der Waals surface area contributed by atoms with Gasteiger partial charge >= 0.3 is 0 Å². The maximum absolute atomic E-state index is 12.6. The highest BCUT2D eigenvalue weighted by Gasteiger charge is 2.33. The molecule has 0 amide bonds. The molecule has 0 saturated heterocycles. The van der Waals surface area contributed by atoms with Gasteiger partial charge in [0.05, 0.1) is 0 Å². The van der Waals surface area contributed by atoms with Crippen LogP contribution in [-0.4, -0.2) is 38.3 Å². The number of aromatic hydroxyl groups is 2. The molecule has 0 unspecified atom stereocenters. The molecule has 0 aliphatic rings. The van der Waals surface area contributed by atoms with E-state index in [1.807, 2.05) is 62.6 Å². The molecule has 5 heterocycles. The highest BCUT2D eigenvalue weighted by atomic mass is 35.5. The lowest BCUT2D eigenvalue weighted by Gasteiger charge is -2.30. The van der Waals surface area contributed by atoms with Crippen molar-refractivity contribution in [2.24, 2.45) is 0 Å². The van der Waals surface area contributed by atoms with Crippen LogP contribution in [0.25, 0.3) is 53.6 Å². The summed E-state index contributed by atoms with van der Waals surface area (Å²) in [5.41, 5.74) is 13.2. The van der Waals surface area contributed by atoms with Crippen molar-refractivity contribution in [1.82, 2.24) is 28.1 Å². The molecule has 6 aromatic carbocycles. The molecule has 9 nitrogen and oxygen atoms in total. The van der Waals surface area contributed by atoms with Crippen molar-refractivity contribution >= 4 is 65.2 Å². The Hall–Kier alpha value is -6.10. The largest absolute Gasteiger partial charge is 0.505 e. The van der Waals surface area contributed by atoms with Crippen molar-refractivity contribution in [3.63, 3.8) is 0 Å². The Labute approximate surface area is 401 Å². The van der Waals surface area contributed by atoms with Gasteiger partial charge in [0.2, 0.25) is 0 Å². The number of para-hydroxylation sites is 2. The smallest absolute Gasteiger partial charge is 0.195 e. The minimum absolute atomic E-state index is 0.0631. The van der Waals surface area contributed by atoms with Gasteiger partial charge in [-0.1, -0.05) is 130 Å². The van der Waals surface area contributed by atoms with Gasteiger partial charge in [-0.25, -0.2) is 0 Å². The summed E-state index contributed by atoms with van der Waals surface area (Å²) in [5, 5.41) is 24.4. The van der Waals surface area contributed by atoms with E-state index in [1.165, 1.54) is 27.7 Å². The van der Waals surface area contributed by atoms with Crippen molar-refractivity contribution in [1.29, 1.82) is 0 Å². The number of phenols is 2. The Morgan fingerprint density at radius 2 is 1.15 bits per heavy atom. The number of phenolic OH excluding ortho intramolecular Hbond substituents is 2. The van der Waals surface area contributed by atoms with Crippen LogP contribution in [0.4, 0.5) is 0 Å². The van der Waals surface area contributed by atoms with Gasteiger partial charge in [0.25, 0.3) is 0 Å². The zero-order chi connectivity index (χ0) is 48.1. The number of hydrogen-bond acceptors (Lipinski definition) is 4. The summed E-state index contributed by atoms with van der Waals surface area (Å²) in [6, 6.07) is 34.8. The van der Waals surface area contributed by atoms with E-state index in [2.05, 4.69) is 152 Å². The molecule has 0 spiro atoms. The molecule has 0 aliphatic heterocycles. The molecular formula is C56H63ClN6O3S. The van der Waals surface area contributed by atoms with E-state index >= 15 is 0 Å². The van der Waals surface area contributed by atoms with Gasteiger partial charge in [0, 0.05) is 36.3 Å². The number of halogens is 1. The molecule has 0 fully saturated rings. The number of hydrogen-bond donors (Lipinski definition) is 2. The van der Waals surface area contributed by atoms with Crippen LogP contribution in [0.15, 0.2) is 108 Å². The third-order valence-corrected chi connectivity index (χ3v) is 15.6. The van der Waals surface area contributed by atoms with Gasteiger partial charge in [-0.05, 0) is 132 Å². The first-order valence-electron chi connectivity index (χ1n) is 23.6. The Morgan fingerprint density at radius 1 is 0.582 bits per heavy atom. The van der Waals surface area contributed by atoms with Gasteiger partial charge in [0.1, 0.15) is 44.9 Å². The summed E-state index contributed by atoms with van der Waals surface area (Å²) < 4.78 is 10.5. The molecule has 5 aromatic heterocycles. The Bertz CT molecular complexity index is 3610. The summed E-state index contributed by atoms with van der Waals surface area (Å²) in [4.78, 5) is 16.7. The second kappa shape index (κ2) is 16.6. The first-order valence-corrected chi connectivity index (χ1v) is 24.8. The third kappa shape index (κ3) is 7.76. The zero-order valence-electron chi connectivity index (χ0n) is 40.9. The van der Waals surface area contributed by atoms with E-state index in [0.29, 0.717) is 16.5 Å². The first kappa shape index (κ1) is 46.0. The lowest BCUT2D eigenvalue weighted by molar-refractivity contribution is 0.422. The molecule has 2 N–H and O–H groups in total. The van der Waals surface area contributed by atoms with Crippen LogP contribution in [0, 0.1) is 6.92 Å². The molecule has 0 bridgehead atoms. The molecule has 0 aliphatic carbocycles. The Balaban J connectivity index is 0.000000128. The van der Waals surface area contributed by atoms with E-state index in [9.17, 15) is 15.0 Å². The van der Waals surface area contributed by atoms with Gasteiger partial charge in [-0.2, -0.15) is 0 Å². The molecule has 0 saturated carbocycles. The molecular weight excluding hydrogens is 872 g/mol. The first-order chi connectivity index (χ1) is 31.8. The van der Waals surface area contributed by atoms with E-state index < -0.39 is 0 Å². The van der Waals surface area contributed by atoms with Crippen LogP contribution in [0.3, 0.4) is 0 Å². The van der Waals surface area contributed by atoms with Crippen molar-refractivity contribution in [3.8, 4) is 22.9 Å². The Morgan fingerprint density at radius 3 is 1.75 bits per heavy atom. The number of rotatable bonds is 8. The molecule has 11 aromatic rings. The predicted molar refractivity (Wildman–Crippen MR) is 280 cm³/mol. The highest BCUT2D eigenvalue weighted by molar-refractivity contribution is 7.24. The molecule has 67 heavy (non-hydrogen) atoms. The van der Waals surface area contributed by atoms with Crippen molar-refractivity contribution in [2.45, 2.75) is 125 Å². The summed E-state index contributed by atoms with van der Waals surface area (Å²) in [6.07, 6.45) is 3.97. The second-order valence-corrected chi connectivity index (χ2v) is 21.9. The SMILES string of the molecule is CCC(C)(C)c1cc(-n2n3c4ccccc4n23)c(O)c(C(C)(C)CC)c1.CCc1cc(CC)c2sc3ccccc3c(=O)c2c1.Cc1cc(-n2n3c4ccc(Cl)cc4n23)c(O)c(C(C)(C)C)c1. The van der Waals surface area contributed by atoms with Crippen LogP contribution in [0.1, 0.15) is 122 Å². The zero-order valence-corrected chi connectivity index (χ0v) is 42.5. The fraction of sp³-hybridized carbons (Fsp3) is 0.339. The van der Waals surface area contributed by atoms with Crippen LogP contribution in [0.2, 0.25) is 5.02 Å². The minimum atomic E-state index is -0.110. The lowest BCUT2D eigenvalue weighted by Crippen LogP contribution is -2.21. The number of fused-ring (bicyclic) bond motifs is 10. The standard InChI is InChI=1S/C22H29N3O.C17H18ClN3O.C17H16OS/c1-7-21(3,4)15-13-16(22(5,6)8-2)20(26)19(14-15)25-23-17-11-9-10-12-18(17)24(23)25;1-10-7-12(17(2,3)4)16(22)15(8-10)21-19-13-6-5-11(18)9-14(13)20(19)21;1-3-11-9-12(4-2)17-14(10-11)16(18)13-7-5-6-8-15(13)19-17/h9-14,26H,7-8H2,1-6H3;5-9,22H,1-4H3;5-10H,3-4H2,1-2H3. The number of benzene rings is 6. The summed E-state index contributed by atoms with van der Waals surface area (Å²) in [7, 11) is 0. The molecule has 348 valence electrons. The van der Waals surface area contributed by atoms with Gasteiger partial charge in [-0.15, -0.1) is 39.5 Å². The van der Waals surface area contributed by atoms with Crippen molar-refractivity contribution in [3.05, 3.63) is 152 Å². The third-order valence-electron chi connectivity index (χ3n) is 14.1. The average molecular weight is 936 g/mol. The molecule has 0 atom stereocenters. The maximum atomic E-state index is 12.6. The van der Waals surface area contributed by atoms with Crippen LogP contribution >= 0.6 is 22.9 Å². The van der Waals surface area contributed by atoms with Crippen molar-refractivity contribution < 1.29 is 10.2 Å². The van der Waals surface area contributed by atoms with Gasteiger partial charge < -0.3 is 10.2 Å². The minimum Gasteiger partial charge on any atom is -0.505 e. The van der Waals surface area contributed by atoms with E-state index in [4.69, 9.17) is 11.6 Å². The second-order valence-electron chi connectivity index (χ2n) is 20.4. The van der Waals surface area contributed by atoms with Crippen LogP contribution in [0.5, 0.6) is 11.5 Å². The van der Waals surface area contributed by atoms with Gasteiger partial charge in [0.15, 0.2) is 5.43 Å². The average Bonchev–Trinajstić information content (AvgIpc) is 4.18. The van der Waals surface area contributed by atoms with Crippen molar-refractivity contribution in [2.75, 3.05) is 0 Å². The van der Waals surface area contributed by atoms with Gasteiger partial charge in [-0.3, -0.25) is 4.79 Å². The fourth-order valence-corrected chi connectivity index (χ4v) is 10.5. The topological polar surface area (TPSA) is 85.0 Å². The van der Waals surface area contributed by atoms with E-state index in [1.54, 1.807) is 11.3 Å². The maximum Gasteiger partial charge on any atom is 0.195 e.